The molecule has 0 radical (unpaired) electrons. The van der Waals surface area contributed by atoms with Gasteiger partial charge in [-0.05, 0) is 26.2 Å². The van der Waals surface area contributed by atoms with E-state index in [0.717, 1.165) is 44.0 Å². The van der Waals surface area contributed by atoms with Crippen LogP contribution >= 0.6 is 11.8 Å². The van der Waals surface area contributed by atoms with E-state index < -0.39 is 5.97 Å². The molecule has 5 nitrogen and oxygen atoms in total. The quantitative estimate of drug-likeness (QED) is 0.847. The van der Waals surface area contributed by atoms with Crippen LogP contribution in [0.25, 0.3) is 0 Å². The van der Waals surface area contributed by atoms with Gasteiger partial charge in [0.15, 0.2) is 0 Å². The molecule has 2 rings (SSSR count). The van der Waals surface area contributed by atoms with Crippen LogP contribution < -0.4 is 0 Å². The molecule has 2 aliphatic heterocycles. The predicted molar refractivity (Wildman–Crippen MR) is 80.0 cm³/mol. The monoisotopic (exact) mass is 300 g/mol. The summed E-state index contributed by atoms with van der Waals surface area (Å²) >= 11 is 1.78. The summed E-state index contributed by atoms with van der Waals surface area (Å²) in [6, 6.07) is -0.214. The van der Waals surface area contributed by atoms with Crippen molar-refractivity contribution in [2.24, 2.45) is 0 Å². The van der Waals surface area contributed by atoms with E-state index in [1.165, 1.54) is 6.42 Å². The lowest BCUT2D eigenvalue weighted by molar-refractivity contribution is -0.142. The van der Waals surface area contributed by atoms with Crippen molar-refractivity contribution < 1.29 is 14.7 Å². The number of carbonyl (C=O) groups is 2. The lowest BCUT2D eigenvalue weighted by Gasteiger charge is -2.40. The van der Waals surface area contributed by atoms with Crippen LogP contribution in [0.4, 0.5) is 0 Å². The standard InChI is InChI=1S/C14H24N2O3S/c1-11(14(19)15-5-3-2-4-6-15)16-7-8-20-10-12(16)9-13(17)18/h11-12H,2-10H2,1H3,(H,17,18). The maximum absolute atomic E-state index is 12.6. The van der Waals surface area contributed by atoms with Crippen LogP contribution in [0.2, 0.25) is 0 Å². The van der Waals surface area contributed by atoms with Crippen molar-refractivity contribution >= 4 is 23.6 Å². The molecule has 0 aromatic rings. The van der Waals surface area contributed by atoms with Gasteiger partial charge in [-0.15, -0.1) is 0 Å². The molecule has 0 aliphatic carbocycles. The van der Waals surface area contributed by atoms with Crippen molar-refractivity contribution in [1.82, 2.24) is 9.80 Å². The summed E-state index contributed by atoms with van der Waals surface area (Å²) in [4.78, 5) is 27.6. The molecule has 0 spiro atoms. The molecule has 0 saturated carbocycles. The lowest BCUT2D eigenvalue weighted by Crippen LogP contribution is -2.55. The molecule has 114 valence electrons. The third kappa shape index (κ3) is 3.88. The van der Waals surface area contributed by atoms with Gasteiger partial charge in [0.2, 0.25) is 5.91 Å². The summed E-state index contributed by atoms with van der Waals surface area (Å²) in [5.41, 5.74) is 0. The second kappa shape index (κ2) is 7.31. The SMILES string of the molecule is CC(C(=O)N1CCCCC1)N1CCSCC1CC(=O)O. The van der Waals surface area contributed by atoms with Crippen LogP contribution in [-0.2, 0) is 9.59 Å². The van der Waals surface area contributed by atoms with Gasteiger partial charge in [-0.25, -0.2) is 0 Å². The molecule has 2 fully saturated rings. The van der Waals surface area contributed by atoms with Gasteiger partial charge in [0, 0.05) is 37.2 Å². The normalized spacial score (nSPS) is 26.2. The van der Waals surface area contributed by atoms with E-state index >= 15 is 0 Å². The number of amides is 1. The molecule has 0 bridgehead atoms. The molecule has 2 atom stereocenters. The molecular formula is C14H24N2O3S. The van der Waals surface area contributed by atoms with Crippen molar-refractivity contribution in [2.75, 3.05) is 31.1 Å². The van der Waals surface area contributed by atoms with Gasteiger partial charge >= 0.3 is 5.97 Å². The smallest absolute Gasteiger partial charge is 0.304 e. The summed E-state index contributed by atoms with van der Waals surface area (Å²) in [5, 5.41) is 9.02. The number of carboxylic acids is 1. The topological polar surface area (TPSA) is 60.9 Å². The average molecular weight is 300 g/mol. The Morgan fingerprint density at radius 2 is 1.95 bits per heavy atom. The van der Waals surface area contributed by atoms with Crippen molar-refractivity contribution in [1.29, 1.82) is 0 Å². The van der Waals surface area contributed by atoms with E-state index in [2.05, 4.69) is 4.90 Å². The van der Waals surface area contributed by atoms with Gasteiger partial charge < -0.3 is 10.0 Å². The van der Waals surface area contributed by atoms with E-state index in [1.807, 2.05) is 11.8 Å². The number of piperidine rings is 1. The molecule has 6 heteroatoms. The molecule has 2 saturated heterocycles. The fourth-order valence-corrected chi connectivity index (χ4v) is 4.16. The fourth-order valence-electron chi connectivity index (χ4n) is 3.08. The molecule has 1 amide bonds. The zero-order chi connectivity index (χ0) is 14.5. The van der Waals surface area contributed by atoms with Gasteiger partial charge in [0.05, 0.1) is 12.5 Å². The second-order valence-electron chi connectivity index (χ2n) is 5.63. The summed E-state index contributed by atoms with van der Waals surface area (Å²) in [5.74, 6) is 1.18. The van der Waals surface area contributed by atoms with Crippen molar-refractivity contribution in [3.05, 3.63) is 0 Å². The lowest BCUT2D eigenvalue weighted by atomic mass is 10.1. The molecule has 0 aromatic heterocycles. The Morgan fingerprint density at radius 1 is 1.25 bits per heavy atom. The highest BCUT2D eigenvalue weighted by Crippen LogP contribution is 2.23. The molecule has 0 aromatic carbocycles. The van der Waals surface area contributed by atoms with Crippen molar-refractivity contribution in [3.63, 3.8) is 0 Å². The highest BCUT2D eigenvalue weighted by atomic mass is 32.2. The number of hydrogen-bond donors (Lipinski definition) is 1. The van der Waals surface area contributed by atoms with Gasteiger partial charge in [0.1, 0.15) is 0 Å². The molecule has 2 aliphatic rings. The highest BCUT2D eigenvalue weighted by molar-refractivity contribution is 7.99. The minimum atomic E-state index is -0.778. The summed E-state index contributed by atoms with van der Waals surface area (Å²) in [6.45, 7) is 4.45. The Bertz CT molecular complexity index is 358. The summed E-state index contributed by atoms with van der Waals surface area (Å²) in [6.07, 6.45) is 3.52. The first kappa shape index (κ1) is 15.6. The van der Waals surface area contributed by atoms with Gasteiger partial charge in [0.25, 0.3) is 0 Å². The average Bonchev–Trinajstić information content (AvgIpc) is 2.46. The van der Waals surface area contributed by atoms with Crippen LogP contribution in [0.15, 0.2) is 0 Å². The number of thioether (sulfide) groups is 1. The van der Waals surface area contributed by atoms with Gasteiger partial charge in [-0.1, -0.05) is 0 Å². The number of aliphatic carboxylic acids is 1. The number of carbonyl (C=O) groups excluding carboxylic acids is 1. The molecule has 2 heterocycles. The summed E-state index contributed by atoms with van der Waals surface area (Å²) in [7, 11) is 0. The van der Waals surface area contributed by atoms with E-state index in [0.29, 0.717) is 0 Å². The van der Waals surface area contributed by atoms with Crippen LogP contribution in [0.5, 0.6) is 0 Å². The number of hydrogen-bond acceptors (Lipinski definition) is 4. The number of nitrogens with zero attached hydrogens (tertiary/aromatic N) is 2. The molecular weight excluding hydrogens is 276 g/mol. The first-order valence-electron chi connectivity index (χ1n) is 7.43. The van der Waals surface area contributed by atoms with Crippen LogP contribution in [0.1, 0.15) is 32.6 Å². The Hall–Kier alpha value is -0.750. The largest absolute Gasteiger partial charge is 0.481 e. The molecule has 20 heavy (non-hydrogen) atoms. The first-order chi connectivity index (χ1) is 9.59. The van der Waals surface area contributed by atoms with Crippen LogP contribution in [-0.4, -0.2) is 70.0 Å². The predicted octanol–water partition coefficient (Wildman–Crippen LogP) is 1.28. The van der Waals surface area contributed by atoms with Gasteiger partial charge in [-0.3, -0.25) is 14.5 Å². The highest BCUT2D eigenvalue weighted by Gasteiger charge is 2.34. The van der Waals surface area contributed by atoms with E-state index in [9.17, 15) is 9.59 Å². The van der Waals surface area contributed by atoms with Crippen molar-refractivity contribution in [3.8, 4) is 0 Å². The third-order valence-corrected chi connectivity index (χ3v) is 5.30. The minimum absolute atomic E-state index is 0.0185. The van der Waals surface area contributed by atoms with Crippen LogP contribution in [0, 0.1) is 0 Å². The van der Waals surface area contributed by atoms with E-state index in [4.69, 9.17) is 5.11 Å². The van der Waals surface area contributed by atoms with E-state index in [1.54, 1.807) is 11.8 Å². The third-order valence-electron chi connectivity index (χ3n) is 4.21. The Morgan fingerprint density at radius 3 is 2.60 bits per heavy atom. The maximum atomic E-state index is 12.6. The Kier molecular flexibility index (Phi) is 5.72. The minimum Gasteiger partial charge on any atom is -0.481 e. The van der Waals surface area contributed by atoms with Crippen LogP contribution in [0.3, 0.4) is 0 Å². The Labute approximate surface area is 124 Å². The maximum Gasteiger partial charge on any atom is 0.304 e. The van der Waals surface area contributed by atoms with E-state index in [-0.39, 0.29) is 24.4 Å². The van der Waals surface area contributed by atoms with Crippen molar-refractivity contribution in [2.45, 2.75) is 44.7 Å². The summed E-state index contributed by atoms with van der Waals surface area (Å²) < 4.78 is 0. The zero-order valence-corrected chi connectivity index (χ0v) is 12.9. The van der Waals surface area contributed by atoms with Gasteiger partial charge in [-0.2, -0.15) is 11.8 Å². The fraction of sp³-hybridized carbons (Fsp3) is 0.857. The second-order valence-corrected chi connectivity index (χ2v) is 6.78. The number of rotatable bonds is 4. The first-order valence-corrected chi connectivity index (χ1v) is 8.59. The number of likely N-dealkylation sites (tertiary alicyclic amines) is 1. The molecule has 1 N–H and O–H groups in total. The Balaban J connectivity index is 1.98. The zero-order valence-electron chi connectivity index (χ0n) is 12.1. The molecule has 2 unspecified atom stereocenters. The number of carboxylic acid groups (broad SMARTS) is 1.